The Morgan fingerprint density at radius 2 is 2.14 bits per heavy atom. The number of benzene rings is 1. The minimum absolute atomic E-state index is 0.00685. The molecule has 4 atom stereocenters. The number of sulfonamides is 1. The number of para-hydroxylation sites is 1. The Bertz CT molecular complexity index is 620. The first kappa shape index (κ1) is 14.8. The highest BCUT2D eigenvalue weighted by atomic mass is 32.2. The van der Waals surface area contributed by atoms with E-state index in [1.807, 2.05) is 6.07 Å². The largest absolute Gasteiger partial charge is 0.377 e. The molecule has 1 aromatic carbocycles. The van der Waals surface area contributed by atoms with Crippen molar-refractivity contribution in [3.05, 3.63) is 24.3 Å². The fourth-order valence-corrected chi connectivity index (χ4v) is 4.41. The van der Waals surface area contributed by atoms with Crippen LogP contribution < -0.4 is 15.8 Å². The molecule has 0 spiro atoms. The van der Waals surface area contributed by atoms with Crippen molar-refractivity contribution in [1.82, 2.24) is 4.72 Å². The minimum atomic E-state index is -3.50. The lowest BCUT2D eigenvalue weighted by Crippen LogP contribution is -2.65. The predicted molar refractivity (Wildman–Crippen MR) is 80.5 cm³/mol. The summed E-state index contributed by atoms with van der Waals surface area (Å²) in [4.78, 5) is 0.250. The van der Waals surface area contributed by atoms with Crippen LogP contribution >= 0.6 is 0 Å². The molecule has 4 unspecified atom stereocenters. The molecule has 0 bridgehead atoms. The van der Waals surface area contributed by atoms with Gasteiger partial charge in [-0.15, -0.1) is 0 Å². The van der Waals surface area contributed by atoms with Crippen LogP contribution in [0.3, 0.4) is 0 Å². The van der Waals surface area contributed by atoms with Crippen molar-refractivity contribution >= 4 is 15.7 Å². The van der Waals surface area contributed by atoms with E-state index >= 15 is 0 Å². The fraction of sp³-hybridized carbons (Fsp3) is 0.571. The SMILES string of the molecule is CCNS(=O)(=O)c1ccccc1NC1C(N)C2CCOC21. The predicted octanol–water partition coefficient (Wildman–Crippen LogP) is 0.511. The Labute approximate surface area is 125 Å². The first-order valence-corrected chi connectivity index (χ1v) is 8.75. The first-order chi connectivity index (χ1) is 10.0. The average Bonchev–Trinajstić information content (AvgIpc) is 2.90. The van der Waals surface area contributed by atoms with Crippen LogP contribution in [0.2, 0.25) is 0 Å². The number of nitrogens with two attached hydrogens (primary N) is 1. The number of nitrogens with one attached hydrogen (secondary N) is 2. The summed E-state index contributed by atoms with van der Waals surface area (Å²) in [7, 11) is -3.50. The maximum absolute atomic E-state index is 12.2. The second-order valence-electron chi connectivity index (χ2n) is 5.53. The zero-order valence-electron chi connectivity index (χ0n) is 12.0. The van der Waals surface area contributed by atoms with Crippen LogP contribution in [0.15, 0.2) is 29.2 Å². The molecule has 1 heterocycles. The van der Waals surface area contributed by atoms with Crippen LogP contribution in [0.25, 0.3) is 0 Å². The molecule has 1 saturated heterocycles. The number of fused-ring (bicyclic) bond motifs is 1. The van der Waals surface area contributed by atoms with E-state index in [1.165, 1.54) is 0 Å². The number of hydrogen-bond acceptors (Lipinski definition) is 5. The lowest BCUT2D eigenvalue weighted by atomic mass is 9.72. The Hall–Kier alpha value is -1.15. The normalized spacial score (nSPS) is 31.5. The van der Waals surface area contributed by atoms with Crippen LogP contribution in [0.4, 0.5) is 5.69 Å². The second-order valence-corrected chi connectivity index (χ2v) is 7.27. The van der Waals surface area contributed by atoms with Crippen LogP contribution in [0, 0.1) is 5.92 Å². The zero-order valence-corrected chi connectivity index (χ0v) is 12.8. The summed E-state index contributed by atoms with van der Waals surface area (Å²) in [6, 6.07) is 6.86. The van der Waals surface area contributed by atoms with E-state index in [2.05, 4.69) is 10.0 Å². The average molecular weight is 311 g/mol. The summed E-state index contributed by atoms with van der Waals surface area (Å²) in [6.07, 6.45) is 1.08. The molecule has 1 aromatic rings. The van der Waals surface area contributed by atoms with Crippen molar-refractivity contribution < 1.29 is 13.2 Å². The molecule has 6 nitrogen and oxygen atoms in total. The maximum atomic E-state index is 12.2. The van der Waals surface area contributed by atoms with Gasteiger partial charge in [0.1, 0.15) is 4.90 Å². The molecule has 1 aliphatic carbocycles. The third-order valence-electron chi connectivity index (χ3n) is 4.28. The molecule has 116 valence electrons. The van der Waals surface area contributed by atoms with E-state index in [-0.39, 0.29) is 23.1 Å². The zero-order chi connectivity index (χ0) is 15.0. The summed E-state index contributed by atoms with van der Waals surface area (Å²) < 4.78 is 32.7. The van der Waals surface area contributed by atoms with Gasteiger partial charge in [0.15, 0.2) is 0 Å². The molecule has 1 aliphatic heterocycles. The van der Waals surface area contributed by atoms with Gasteiger partial charge in [-0.05, 0) is 18.6 Å². The standard InChI is InChI=1S/C14H21N3O3S/c1-2-16-21(18,19)11-6-4-3-5-10(11)17-13-12(15)9-7-8-20-14(9)13/h3-6,9,12-14,16-17H,2,7-8,15H2,1H3. The Morgan fingerprint density at radius 3 is 2.90 bits per heavy atom. The van der Waals surface area contributed by atoms with Crippen LogP contribution in [0.1, 0.15) is 13.3 Å². The summed E-state index contributed by atoms with van der Waals surface area (Å²) >= 11 is 0. The van der Waals surface area contributed by atoms with Crippen molar-refractivity contribution in [1.29, 1.82) is 0 Å². The van der Waals surface area contributed by atoms with Crippen LogP contribution in [0.5, 0.6) is 0 Å². The molecule has 0 aromatic heterocycles. The molecule has 4 N–H and O–H groups in total. The summed E-state index contributed by atoms with van der Waals surface area (Å²) in [5.41, 5.74) is 6.74. The smallest absolute Gasteiger partial charge is 0.242 e. The highest BCUT2D eigenvalue weighted by Gasteiger charge is 2.52. The minimum Gasteiger partial charge on any atom is -0.377 e. The van der Waals surface area contributed by atoms with Gasteiger partial charge < -0.3 is 15.8 Å². The van der Waals surface area contributed by atoms with E-state index in [1.54, 1.807) is 25.1 Å². The van der Waals surface area contributed by atoms with E-state index in [9.17, 15) is 8.42 Å². The molecule has 0 amide bonds. The van der Waals surface area contributed by atoms with E-state index in [0.717, 1.165) is 13.0 Å². The third-order valence-corrected chi connectivity index (χ3v) is 5.88. The van der Waals surface area contributed by atoms with E-state index < -0.39 is 10.0 Å². The Balaban J connectivity index is 1.83. The number of hydrogen-bond donors (Lipinski definition) is 3. The molecular weight excluding hydrogens is 290 g/mol. The van der Waals surface area contributed by atoms with Gasteiger partial charge in [-0.3, -0.25) is 0 Å². The summed E-state index contributed by atoms with van der Waals surface area (Å²) in [5, 5.41) is 3.26. The van der Waals surface area contributed by atoms with Crippen molar-refractivity contribution in [2.24, 2.45) is 11.7 Å². The summed E-state index contributed by atoms with van der Waals surface area (Å²) in [5.74, 6) is 0.389. The molecule has 2 aliphatic rings. The Kier molecular flexibility index (Phi) is 3.92. The molecular formula is C14H21N3O3S. The van der Waals surface area contributed by atoms with Crippen molar-refractivity contribution in [2.75, 3.05) is 18.5 Å². The van der Waals surface area contributed by atoms with Crippen LogP contribution in [-0.4, -0.2) is 39.8 Å². The monoisotopic (exact) mass is 311 g/mol. The highest BCUT2D eigenvalue weighted by Crippen LogP contribution is 2.40. The van der Waals surface area contributed by atoms with Gasteiger partial charge in [0.25, 0.3) is 0 Å². The highest BCUT2D eigenvalue weighted by molar-refractivity contribution is 7.89. The Morgan fingerprint density at radius 1 is 1.38 bits per heavy atom. The first-order valence-electron chi connectivity index (χ1n) is 7.27. The third kappa shape index (κ3) is 2.55. The van der Waals surface area contributed by atoms with Gasteiger partial charge in [0.05, 0.1) is 17.8 Å². The van der Waals surface area contributed by atoms with Crippen molar-refractivity contribution in [3.63, 3.8) is 0 Å². The second kappa shape index (κ2) is 5.57. The summed E-state index contributed by atoms with van der Waals surface area (Å²) in [6.45, 7) is 2.85. The number of rotatable bonds is 5. The molecule has 1 saturated carbocycles. The van der Waals surface area contributed by atoms with Crippen LogP contribution in [-0.2, 0) is 14.8 Å². The van der Waals surface area contributed by atoms with Gasteiger partial charge in [0.2, 0.25) is 10.0 Å². The molecule has 0 radical (unpaired) electrons. The van der Waals surface area contributed by atoms with Gasteiger partial charge in [-0.2, -0.15) is 0 Å². The maximum Gasteiger partial charge on any atom is 0.242 e. The van der Waals surface area contributed by atoms with Gasteiger partial charge in [-0.1, -0.05) is 19.1 Å². The van der Waals surface area contributed by atoms with E-state index in [4.69, 9.17) is 10.5 Å². The molecule has 2 fully saturated rings. The van der Waals surface area contributed by atoms with E-state index in [0.29, 0.717) is 18.2 Å². The van der Waals surface area contributed by atoms with Gasteiger partial charge >= 0.3 is 0 Å². The number of ether oxygens (including phenoxy) is 1. The fourth-order valence-electron chi connectivity index (χ4n) is 3.20. The quantitative estimate of drug-likeness (QED) is 0.737. The lowest BCUT2D eigenvalue weighted by Gasteiger charge is -2.46. The number of anilines is 1. The van der Waals surface area contributed by atoms with Gasteiger partial charge in [0, 0.05) is 25.1 Å². The van der Waals surface area contributed by atoms with Gasteiger partial charge in [-0.25, -0.2) is 13.1 Å². The molecule has 7 heteroatoms. The van der Waals surface area contributed by atoms with Crippen molar-refractivity contribution in [2.45, 2.75) is 36.4 Å². The molecule has 3 rings (SSSR count). The lowest BCUT2D eigenvalue weighted by molar-refractivity contribution is 0.00529. The topological polar surface area (TPSA) is 93.5 Å². The van der Waals surface area contributed by atoms with Crippen molar-refractivity contribution in [3.8, 4) is 0 Å². The molecule has 21 heavy (non-hydrogen) atoms.